The summed E-state index contributed by atoms with van der Waals surface area (Å²) in [5.74, 6) is -1.68. The third-order valence-electron chi connectivity index (χ3n) is 5.74. The lowest BCUT2D eigenvalue weighted by Gasteiger charge is -2.35. The number of nitrogen functional groups attached to an aromatic ring is 2. The summed E-state index contributed by atoms with van der Waals surface area (Å²) >= 11 is 0. The molecule has 3 aliphatic rings. The Labute approximate surface area is 168 Å². The normalized spacial score (nSPS) is 18.0. The second kappa shape index (κ2) is 5.54. The zero-order valence-corrected chi connectivity index (χ0v) is 15.3. The number of aromatic nitrogens is 1. The van der Waals surface area contributed by atoms with E-state index in [1.54, 1.807) is 12.1 Å². The molecule has 30 heavy (non-hydrogen) atoms. The fourth-order valence-electron chi connectivity index (χ4n) is 4.56. The molecule has 1 spiro atoms. The molecule has 2 aromatic rings. The number of nitro groups is 1. The number of anilines is 3. The highest BCUT2D eigenvalue weighted by Gasteiger charge is 2.68. The zero-order valence-electron chi connectivity index (χ0n) is 15.3. The van der Waals surface area contributed by atoms with E-state index in [2.05, 4.69) is 10.3 Å². The van der Waals surface area contributed by atoms with Crippen LogP contribution in [-0.2, 0) is 5.41 Å². The van der Waals surface area contributed by atoms with Crippen LogP contribution in [0.25, 0.3) is 0 Å². The number of nitriles is 1. The maximum absolute atomic E-state index is 13.7. The number of rotatable bonds is 1. The Morgan fingerprint density at radius 3 is 2.43 bits per heavy atom. The van der Waals surface area contributed by atoms with Crippen molar-refractivity contribution in [2.24, 2.45) is 0 Å². The fraction of sp³-hybridized carbons (Fsp3) is 0.158. The van der Waals surface area contributed by atoms with Crippen molar-refractivity contribution < 1.29 is 14.5 Å². The molecule has 148 valence electrons. The molecule has 0 saturated carbocycles. The van der Waals surface area contributed by atoms with Crippen LogP contribution >= 0.6 is 0 Å². The van der Waals surface area contributed by atoms with E-state index in [4.69, 9.17) is 11.5 Å². The van der Waals surface area contributed by atoms with Crippen LogP contribution in [0.3, 0.4) is 0 Å². The highest BCUT2D eigenvalue weighted by molar-refractivity contribution is 6.36. The minimum absolute atomic E-state index is 0.00184. The predicted molar refractivity (Wildman–Crippen MR) is 104 cm³/mol. The van der Waals surface area contributed by atoms with E-state index < -0.39 is 27.6 Å². The van der Waals surface area contributed by atoms with Crippen LogP contribution in [0.5, 0.6) is 0 Å². The highest BCUT2D eigenvalue weighted by atomic mass is 16.6. The van der Waals surface area contributed by atoms with Gasteiger partial charge < -0.3 is 21.7 Å². The van der Waals surface area contributed by atoms with Gasteiger partial charge in [-0.25, -0.2) is 4.98 Å². The van der Waals surface area contributed by atoms with Crippen molar-refractivity contribution in [1.82, 2.24) is 10.3 Å². The maximum atomic E-state index is 13.7. The van der Waals surface area contributed by atoms with Gasteiger partial charge >= 0.3 is 5.70 Å². The topological polar surface area (TPSA) is 181 Å². The van der Waals surface area contributed by atoms with Gasteiger partial charge in [0.15, 0.2) is 17.4 Å². The molecular weight excluding hydrogens is 390 g/mol. The number of nitrogens with one attached hydrogen (secondary N) is 1. The number of allylic oxidation sites excluding steroid dienone is 1. The van der Waals surface area contributed by atoms with Crippen LogP contribution in [0, 0.1) is 21.4 Å². The standard InChI is InChI=1S/C19H13N7O4/c20-7-10-12(21)11-17(24-16(10)22)25-6-5-23-18(25)13(26(29)30)19(11)14(27)8-3-1-2-4-9(8)15(19)28/h1-4,23H,5-6H2,(H4,21,22,24). The average Bonchev–Trinajstić information content (AvgIpc) is 3.27. The first-order chi connectivity index (χ1) is 14.4. The van der Waals surface area contributed by atoms with Crippen molar-refractivity contribution in [2.75, 3.05) is 29.5 Å². The van der Waals surface area contributed by atoms with E-state index in [1.165, 1.54) is 17.0 Å². The van der Waals surface area contributed by atoms with Gasteiger partial charge in [0.1, 0.15) is 23.3 Å². The lowest BCUT2D eigenvalue weighted by atomic mass is 9.70. The first-order valence-corrected chi connectivity index (χ1v) is 8.94. The Morgan fingerprint density at radius 1 is 1.23 bits per heavy atom. The van der Waals surface area contributed by atoms with Crippen molar-refractivity contribution in [3.63, 3.8) is 0 Å². The molecule has 0 amide bonds. The first kappa shape index (κ1) is 17.6. The summed E-state index contributed by atoms with van der Waals surface area (Å²) in [6.45, 7) is 0.599. The highest BCUT2D eigenvalue weighted by Crippen LogP contribution is 2.55. The number of nitrogens with two attached hydrogens (primary N) is 2. The van der Waals surface area contributed by atoms with Crippen molar-refractivity contribution >= 4 is 28.9 Å². The number of ketones is 2. The Morgan fingerprint density at radius 2 is 1.87 bits per heavy atom. The van der Waals surface area contributed by atoms with Gasteiger partial charge in [-0.3, -0.25) is 19.7 Å². The van der Waals surface area contributed by atoms with Gasteiger partial charge in [0.25, 0.3) is 0 Å². The molecule has 0 atom stereocenters. The Kier molecular flexibility index (Phi) is 3.26. The maximum Gasteiger partial charge on any atom is 0.312 e. The van der Waals surface area contributed by atoms with Gasteiger partial charge in [-0.15, -0.1) is 0 Å². The van der Waals surface area contributed by atoms with Crippen LogP contribution in [0.2, 0.25) is 0 Å². The van der Waals surface area contributed by atoms with Crippen LogP contribution in [-0.4, -0.2) is 34.6 Å². The van der Waals surface area contributed by atoms with Crippen LogP contribution in [0.1, 0.15) is 31.8 Å². The molecule has 11 nitrogen and oxygen atoms in total. The van der Waals surface area contributed by atoms with Gasteiger partial charge in [0, 0.05) is 24.2 Å². The van der Waals surface area contributed by atoms with E-state index in [9.17, 15) is 25.0 Å². The molecule has 11 heteroatoms. The van der Waals surface area contributed by atoms with E-state index in [1.807, 2.05) is 6.07 Å². The molecule has 1 aromatic heterocycles. The number of benzene rings is 1. The van der Waals surface area contributed by atoms with E-state index in [-0.39, 0.29) is 51.9 Å². The lowest BCUT2D eigenvalue weighted by molar-refractivity contribution is -0.433. The van der Waals surface area contributed by atoms with Gasteiger partial charge in [0.05, 0.1) is 16.2 Å². The molecule has 5 rings (SSSR count). The number of Topliss-reactive ketones (excluding diaryl/α,β-unsaturated/α-hetero) is 2. The minimum atomic E-state index is -2.36. The third-order valence-corrected chi connectivity index (χ3v) is 5.74. The molecular formula is C19H13N7O4. The second-order valence-electron chi connectivity index (χ2n) is 7.08. The monoisotopic (exact) mass is 403 g/mol. The number of hydrogen-bond donors (Lipinski definition) is 3. The number of carbonyl (C=O) groups is 2. The van der Waals surface area contributed by atoms with Gasteiger partial charge in [0.2, 0.25) is 5.41 Å². The molecule has 0 unspecified atom stereocenters. The predicted octanol–water partition coefficient (Wildman–Crippen LogP) is 0.304. The molecule has 1 saturated heterocycles. The summed E-state index contributed by atoms with van der Waals surface area (Å²) in [7, 11) is 0. The lowest BCUT2D eigenvalue weighted by Crippen LogP contribution is -2.50. The molecule has 3 heterocycles. The Hall–Kier alpha value is -4.46. The van der Waals surface area contributed by atoms with Gasteiger partial charge in [-0.2, -0.15) is 5.26 Å². The number of carbonyl (C=O) groups excluding carboxylic acids is 2. The summed E-state index contributed by atoms with van der Waals surface area (Å²) in [6.07, 6.45) is 0. The average molecular weight is 403 g/mol. The number of fused-ring (bicyclic) bond motifs is 5. The Balaban J connectivity index is 2.00. The summed E-state index contributed by atoms with van der Waals surface area (Å²) < 4.78 is 0. The van der Waals surface area contributed by atoms with Crippen molar-refractivity contribution in [3.05, 3.63) is 68.2 Å². The van der Waals surface area contributed by atoms with Crippen LogP contribution in [0.4, 0.5) is 17.3 Å². The summed E-state index contributed by atoms with van der Waals surface area (Å²) in [6, 6.07) is 7.83. The first-order valence-electron chi connectivity index (χ1n) is 8.94. The summed E-state index contributed by atoms with van der Waals surface area (Å²) in [5, 5.41) is 24.7. The SMILES string of the molecule is N#Cc1c(N)nc2c(c1N)C1(C(=O)c3ccccc3C1=O)C([N+](=O)[O-])=C1NCCN12. The molecule has 2 aliphatic heterocycles. The second-order valence-corrected chi connectivity index (χ2v) is 7.08. The van der Waals surface area contributed by atoms with Crippen LogP contribution < -0.4 is 21.7 Å². The number of pyridine rings is 1. The zero-order chi connectivity index (χ0) is 21.4. The van der Waals surface area contributed by atoms with E-state index >= 15 is 0 Å². The van der Waals surface area contributed by atoms with E-state index in [0.29, 0.717) is 6.54 Å². The van der Waals surface area contributed by atoms with Crippen molar-refractivity contribution in [2.45, 2.75) is 5.41 Å². The van der Waals surface area contributed by atoms with Gasteiger partial charge in [-0.1, -0.05) is 24.3 Å². The molecule has 0 radical (unpaired) electrons. The molecule has 1 fully saturated rings. The molecule has 0 bridgehead atoms. The van der Waals surface area contributed by atoms with Crippen molar-refractivity contribution in [3.8, 4) is 6.07 Å². The largest absolute Gasteiger partial charge is 0.397 e. The molecule has 1 aliphatic carbocycles. The van der Waals surface area contributed by atoms with Crippen molar-refractivity contribution in [1.29, 1.82) is 5.26 Å². The molecule has 5 N–H and O–H groups in total. The quantitative estimate of drug-likeness (QED) is 0.340. The van der Waals surface area contributed by atoms with E-state index in [0.717, 1.165) is 0 Å². The summed E-state index contributed by atoms with van der Waals surface area (Å²) in [5.41, 5.74) is 8.58. The Bertz CT molecular complexity index is 1260. The third kappa shape index (κ3) is 1.76. The van der Waals surface area contributed by atoms with Gasteiger partial charge in [-0.05, 0) is 0 Å². The number of hydrogen-bond acceptors (Lipinski definition) is 10. The minimum Gasteiger partial charge on any atom is -0.397 e. The molecule has 1 aromatic carbocycles. The number of nitrogens with zero attached hydrogens (tertiary/aromatic N) is 4. The fourth-order valence-corrected chi connectivity index (χ4v) is 4.56. The van der Waals surface area contributed by atoms with Crippen LogP contribution in [0.15, 0.2) is 35.8 Å². The smallest absolute Gasteiger partial charge is 0.312 e. The summed E-state index contributed by atoms with van der Waals surface area (Å²) in [4.78, 5) is 44.6.